The van der Waals surface area contributed by atoms with Crippen molar-refractivity contribution in [2.24, 2.45) is 0 Å². The fourth-order valence-corrected chi connectivity index (χ4v) is 1.70. The van der Waals surface area contributed by atoms with Crippen molar-refractivity contribution in [3.63, 3.8) is 0 Å². The first kappa shape index (κ1) is 12.2. The molecule has 86 valence electrons. The minimum atomic E-state index is -0.774. The van der Waals surface area contributed by atoms with Gasteiger partial charge in [-0.05, 0) is 13.0 Å². The molecule has 0 aliphatic carbocycles. The largest absolute Gasteiger partial charge is 0.388 e. The van der Waals surface area contributed by atoms with Crippen LogP contribution in [0.15, 0.2) is 12.2 Å². The van der Waals surface area contributed by atoms with Crippen molar-refractivity contribution in [2.75, 3.05) is 26.8 Å². The lowest BCUT2D eigenvalue weighted by molar-refractivity contribution is -0.131. The Morgan fingerprint density at radius 3 is 2.67 bits per heavy atom. The third-order valence-corrected chi connectivity index (χ3v) is 2.64. The molecule has 15 heavy (non-hydrogen) atoms. The number of carbonyl (C=O) groups is 1. The summed E-state index contributed by atoms with van der Waals surface area (Å²) >= 11 is 0. The second kappa shape index (κ2) is 5.28. The van der Waals surface area contributed by atoms with E-state index in [9.17, 15) is 9.90 Å². The van der Waals surface area contributed by atoms with Crippen LogP contribution in [-0.4, -0.2) is 48.3 Å². The first-order valence-electron chi connectivity index (χ1n) is 5.25. The Morgan fingerprint density at radius 1 is 1.53 bits per heavy atom. The van der Waals surface area contributed by atoms with Gasteiger partial charge in [-0.3, -0.25) is 4.79 Å². The summed E-state index contributed by atoms with van der Waals surface area (Å²) in [6.45, 7) is 3.32. The van der Waals surface area contributed by atoms with Crippen LogP contribution in [-0.2, 0) is 9.53 Å². The number of rotatable bonds is 3. The van der Waals surface area contributed by atoms with E-state index >= 15 is 0 Å². The molecule has 0 spiro atoms. The van der Waals surface area contributed by atoms with Crippen molar-refractivity contribution in [1.82, 2.24) is 4.90 Å². The normalized spacial score (nSPS) is 20.5. The molecule has 1 saturated heterocycles. The van der Waals surface area contributed by atoms with E-state index < -0.39 is 5.60 Å². The molecule has 1 fully saturated rings. The number of allylic oxidation sites excluding steroid dienone is 1. The average Bonchev–Trinajstić information content (AvgIpc) is 2.18. The highest BCUT2D eigenvalue weighted by atomic mass is 16.5. The predicted octanol–water partition coefficient (Wildman–Crippen LogP) is 0.562. The number of amides is 1. The van der Waals surface area contributed by atoms with Crippen molar-refractivity contribution in [3.05, 3.63) is 12.2 Å². The molecule has 0 aromatic heterocycles. The molecule has 1 rings (SSSR count). The quantitative estimate of drug-likeness (QED) is 0.697. The summed E-state index contributed by atoms with van der Waals surface area (Å²) in [5.41, 5.74) is -0.774. The van der Waals surface area contributed by atoms with Gasteiger partial charge in [0.1, 0.15) is 0 Å². The van der Waals surface area contributed by atoms with Crippen molar-refractivity contribution in [2.45, 2.75) is 25.4 Å². The van der Waals surface area contributed by atoms with Crippen molar-refractivity contribution >= 4 is 5.91 Å². The summed E-state index contributed by atoms with van der Waals surface area (Å²) in [6, 6.07) is 0. The van der Waals surface area contributed by atoms with Crippen LogP contribution < -0.4 is 0 Å². The van der Waals surface area contributed by atoms with Crippen LogP contribution in [0, 0.1) is 0 Å². The molecular formula is C11H19NO3. The van der Waals surface area contributed by atoms with E-state index in [0.29, 0.717) is 32.6 Å². The second-order valence-electron chi connectivity index (χ2n) is 4.03. The van der Waals surface area contributed by atoms with Crippen molar-refractivity contribution < 1.29 is 14.6 Å². The molecule has 1 aliphatic heterocycles. The maximum Gasteiger partial charge on any atom is 0.246 e. The topological polar surface area (TPSA) is 49.8 Å². The average molecular weight is 213 g/mol. The summed E-state index contributed by atoms with van der Waals surface area (Å²) in [5, 5.41) is 10.2. The SMILES string of the molecule is C/C=C/C(=O)N(C)CC1(O)CCOCC1. The van der Waals surface area contributed by atoms with Crippen LogP contribution in [0.5, 0.6) is 0 Å². The fraction of sp³-hybridized carbons (Fsp3) is 0.727. The molecule has 0 bridgehead atoms. The minimum absolute atomic E-state index is 0.0718. The van der Waals surface area contributed by atoms with E-state index in [1.807, 2.05) is 0 Å². The highest BCUT2D eigenvalue weighted by Gasteiger charge is 2.31. The third kappa shape index (κ3) is 3.64. The van der Waals surface area contributed by atoms with Crippen LogP contribution >= 0.6 is 0 Å². The van der Waals surface area contributed by atoms with Gasteiger partial charge in [-0.25, -0.2) is 0 Å². The van der Waals surface area contributed by atoms with E-state index in [0.717, 1.165) is 0 Å². The maximum absolute atomic E-state index is 11.5. The Bertz CT molecular complexity index is 244. The van der Waals surface area contributed by atoms with Crippen LogP contribution in [0.4, 0.5) is 0 Å². The standard InChI is InChI=1S/C11H19NO3/c1-3-4-10(13)12(2)9-11(14)5-7-15-8-6-11/h3-4,14H,5-9H2,1-2H3/b4-3+. The summed E-state index contributed by atoms with van der Waals surface area (Å²) in [5.74, 6) is -0.0718. The van der Waals surface area contributed by atoms with Gasteiger partial charge in [0, 0.05) is 39.6 Å². The van der Waals surface area contributed by atoms with Gasteiger partial charge in [0.05, 0.1) is 5.60 Å². The van der Waals surface area contributed by atoms with Crippen LogP contribution in [0.25, 0.3) is 0 Å². The molecular weight excluding hydrogens is 194 g/mol. The van der Waals surface area contributed by atoms with Gasteiger partial charge in [0.2, 0.25) is 5.91 Å². The van der Waals surface area contributed by atoms with E-state index in [2.05, 4.69) is 0 Å². The van der Waals surface area contributed by atoms with E-state index in [1.165, 1.54) is 6.08 Å². The van der Waals surface area contributed by atoms with E-state index in [1.54, 1.807) is 24.9 Å². The molecule has 1 N–H and O–H groups in total. The van der Waals surface area contributed by atoms with Gasteiger partial charge in [-0.2, -0.15) is 0 Å². The lowest BCUT2D eigenvalue weighted by Gasteiger charge is -2.35. The van der Waals surface area contributed by atoms with Crippen LogP contribution in [0.1, 0.15) is 19.8 Å². The lowest BCUT2D eigenvalue weighted by Crippen LogP contribution is -2.47. The highest BCUT2D eigenvalue weighted by Crippen LogP contribution is 2.21. The first-order chi connectivity index (χ1) is 7.07. The molecule has 0 radical (unpaired) electrons. The van der Waals surface area contributed by atoms with Gasteiger partial charge in [0.25, 0.3) is 0 Å². The third-order valence-electron chi connectivity index (χ3n) is 2.64. The Kier molecular flexibility index (Phi) is 4.29. The highest BCUT2D eigenvalue weighted by molar-refractivity contribution is 5.87. The van der Waals surface area contributed by atoms with Crippen LogP contribution in [0.2, 0.25) is 0 Å². The minimum Gasteiger partial charge on any atom is -0.388 e. The van der Waals surface area contributed by atoms with Crippen LogP contribution in [0.3, 0.4) is 0 Å². The first-order valence-corrected chi connectivity index (χ1v) is 5.25. The summed E-state index contributed by atoms with van der Waals surface area (Å²) < 4.78 is 5.18. The predicted molar refractivity (Wildman–Crippen MR) is 57.5 cm³/mol. The van der Waals surface area contributed by atoms with Crippen molar-refractivity contribution in [1.29, 1.82) is 0 Å². The van der Waals surface area contributed by atoms with Gasteiger partial charge in [-0.1, -0.05) is 6.08 Å². The Hall–Kier alpha value is -0.870. The van der Waals surface area contributed by atoms with Crippen molar-refractivity contribution in [3.8, 4) is 0 Å². The Balaban J connectivity index is 2.48. The molecule has 1 heterocycles. The molecule has 0 unspecified atom stereocenters. The van der Waals surface area contributed by atoms with Gasteiger partial charge in [-0.15, -0.1) is 0 Å². The summed E-state index contributed by atoms with van der Waals surface area (Å²) in [6.07, 6.45) is 4.40. The van der Waals surface area contributed by atoms with Gasteiger partial charge >= 0.3 is 0 Å². The molecule has 0 atom stereocenters. The summed E-state index contributed by atoms with van der Waals surface area (Å²) in [4.78, 5) is 13.0. The number of ether oxygens (including phenoxy) is 1. The molecule has 0 aromatic carbocycles. The lowest BCUT2D eigenvalue weighted by atomic mass is 9.94. The Labute approximate surface area is 90.5 Å². The monoisotopic (exact) mass is 213 g/mol. The molecule has 1 aliphatic rings. The zero-order valence-electron chi connectivity index (χ0n) is 9.40. The maximum atomic E-state index is 11.5. The molecule has 4 heteroatoms. The summed E-state index contributed by atoms with van der Waals surface area (Å²) in [7, 11) is 1.70. The van der Waals surface area contributed by atoms with E-state index in [-0.39, 0.29) is 5.91 Å². The molecule has 0 aromatic rings. The van der Waals surface area contributed by atoms with Gasteiger partial charge in [0.15, 0.2) is 0 Å². The number of aliphatic hydroxyl groups is 1. The smallest absolute Gasteiger partial charge is 0.246 e. The van der Waals surface area contributed by atoms with Gasteiger partial charge < -0.3 is 14.7 Å². The molecule has 4 nitrogen and oxygen atoms in total. The van der Waals surface area contributed by atoms with E-state index in [4.69, 9.17) is 4.74 Å². The number of hydrogen-bond donors (Lipinski definition) is 1. The Morgan fingerprint density at radius 2 is 2.13 bits per heavy atom. The number of hydrogen-bond acceptors (Lipinski definition) is 3. The fourth-order valence-electron chi connectivity index (χ4n) is 1.70. The number of carbonyl (C=O) groups excluding carboxylic acids is 1. The molecule has 1 amide bonds. The zero-order valence-corrected chi connectivity index (χ0v) is 9.40. The molecule has 0 saturated carbocycles. The number of nitrogens with zero attached hydrogens (tertiary/aromatic N) is 1. The zero-order chi connectivity index (χ0) is 11.3. The number of likely N-dealkylation sites (N-methyl/N-ethyl adjacent to an activating group) is 1. The second-order valence-corrected chi connectivity index (χ2v) is 4.03.